The molecule has 0 spiro atoms. The highest BCUT2D eigenvalue weighted by Crippen LogP contribution is 2.29. The molecular formula is C16H20N2. The molecule has 2 nitrogen and oxygen atoms in total. The van der Waals surface area contributed by atoms with Gasteiger partial charge in [-0.15, -0.1) is 0 Å². The smallest absolute Gasteiger partial charge is 0.0708 e. The summed E-state index contributed by atoms with van der Waals surface area (Å²) in [5.74, 6) is 0. The minimum Gasteiger partial charge on any atom is -0.310 e. The zero-order valence-corrected chi connectivity index (χ0v) is 10.9. The Balaban J connectivity index is 2.08. The number of nitrogens with one attached hydrogen (secondary N) is 1. The number of aryl methyl sites for hydroxylation is 1. The van der Waals surface area contributed by atoms with Gasteiger partial charge in [-0.05, 0) is 44.0 Å². The second kappa shape index (κ2) is 5.07. The second-order valence-corrected chi connectivity index (χ2v) is 5.23. The molecule has 1 atom stereocenters. The molecular weight excluding hydrogens is 220 g/mol. The van der Waals surface area contributed by atoms with E-state index in [1.165, 1.54) is 36.6 Å². The standard InChI is InChI=1S/C16H20N2/c1-12-11-14(15-8-3-2-6-10-17-15)13-7-4-5-9-16(13)18-12/h4-5,7,9,11,15,17H,2-3,6,8,10H2,1H3. The van der Waals surface area contributed by atoms with Gasteiger partial charge in [-0.25, -0.2) is 0 Å². The Morgan fingerprint density at radius 1 is 1.17 bits per heavy atom. The van der Waals surface area contributed by atoms with Crippen molar-refractivity contribution in [3.8, 4) is 0 Å². The maximum Gasteiger partial charge on any atom is 0.0708 e. The van der Waals surface area contributed by atoms with Crippen molar-refractivity contribution in [1.82, 2.24) is 10.3 Å². The highest BCUT2D eigenvalue weighted by molar-refractivity contribution is 5.82. The number of fused-ring (bicyclic) bond motifs is 1. The van der Waals surface area contributed by atoms with Crippen LogP contribution in [0.5, 0.6) is 0 Å². The molecule has 0 aliphatic carbocycles. The van der Waals surface area contributed by atoms with Crippen molar-refractivity contribution in [1.29, 1.82) is 0 Å². The van der Waals surface area contributed by atoms with Gasteiger partial charge in [-0.3, -0.25) is 4.98 Å². The largest absolute Gasteiger partial charge is 0.310 e. The third kappa shape index (κ3) is 2.25. The lowest BCUT2D eigenvalue weighted by atomic mass is 9.97. The summed E-state index contributed by atoms with van der Waals surface area (Å²) in [6.07, 6.45) is 5.23. The Morgan fingerprint density at radius 3 is 3.00 bits per heavy atom. The molecule has 94 valence electrons. The molecule has 1 aliphatic heterocycles. The third-order valence-corrected chi connectivity index (χ3v) is 3.81. The van der Waals surface area contributed by atoms with Crippen molar-refractivity contribution in [2.45, 2.75) is 38.6 Å². The number of para-hydroxylation sites is 1. The van der Waals surface area contributed by atoms with Crippen LogP contribution in [0.15, 0.2) is 30.3 Å². The average molecular weight is 240 g/mol. The van der Waals surface area contributed by atoms with Crippen LogP contribution in [0.3, 0.4) is 0 Å². The molecule has 0 saturated carbocycles. The molecule has 18 heavy (non-hydrogen) atoms. The van der Waals surface area contributed by atoms with Gasteiger partial charge in [0.15, 0.2) is 0 Å². The van der Waals surface area contributed by atoms with Gasteiger partial charge < -0.3 is 5.32 Å². The molecule has 1 saturated heterocycles. The Bertz CT molecular complexity index is 540. The van der Waals surface area contributed by atoms with Gasteiger partial charge in [-0.1, -0.05) is 31.0 Å². The lowest BCUT2D eigenvalue weighted by molar-refractivity contribution is 0.537. The molecule has 2 heterocycles. The summed E-state index contributed by atoms with van der Waals surface area (Å²) in [5.41, 5.74) is 3.67. The first-order chi connectivity index (χ1) is 8.84. The zero-order valence-electron chi connectivity index (χ0n) is 10.9. The van der Waals surface area contributed by atoms with Crippen LogP contribution >= 0.6 is 0 Å². The van der Waals surface area contributed by atoms with Gasteiger partial charge in [0.1, 0.15) is 0 Å². The SMILES string of the molecule is Cc1cc(C2CCCCCN2)c2ccccc2n1. The first kappa shape index (κ1) is 11.7. The van der Waals surface area contributed by atoms with Gasteiger partial charge in [0, 0.05) is 17.1 Å². The minimum absolute atomic E-state index is 0.499. The fourth-order valence-electron chi connectivity index (χ4n) is 2.92. The number of hydrogen-bond acceptors (Lipinski definition) is 2. The monoisotopic (exact) mass is 240 g/mol. The normalized spacial score (nSPS) is 20.8. The van der Waals surface area contributed by atoms with Gasteiger partial charge in [0.05, 0.1) is 5.52 Å². The molecule has 2 aromatic rings. The van der Waals surface area contributed by atoms with E-state index in [-0.39, 0.29) is 0 Å². The Kier molecular flexibility index (Phi) is 3.28. The van der Waals surface area contributed by atoms with Crippen molar-refractivity contribution in [3.63, 3.8) is 0 Å². The zero-order chi connectivity index (χ0) is 12.4. The van der Waals surface area contributed by atoms with Crippen molar-refractivity contribution < 1.29 is 0 Å². The molecule has 1 unspecified atom stereocenters. The predicted molar refractivity (Wildman–Crippen MR) is 75.7 cm³/mol. The number of benzene rings is 1. The van der Waals surface area contributed by atoms with E-state index >= 15 is 0 Å². The van der Waals surface area contributed by atoms with Gasteiger partial charge in [0.25, 0.3) is 0 Å². The first-order valence-corrected chi connectivity index (χ1v) is 6.94. The van der Waals surface area contributed by atoms with Crippen LogP contribution < -0.4 is 5.32 Å². The van der Waals surface area contributed by atoms with Gasteiger partial charge >= 0.3 is 0 Å². The van der Waals surface area contributed by atoms with Crippen molar-refractivity contribution >= 4 is 10.9 Å². The summed E-state index contributed by atoms with van der Waals surface area (Å²) in [5, 5.41) is 5.00. The van der Waals surface area contributed by atoms with E-state index in [1.54, 1.807) is 0 Å². The lowest BCUT2D eigenvalue weighted by Gasteiger charge is -2.19. The molecule has 1 aromatic heterocycles. The summed E-state index contributed by atoms with van der Waals surface area (Å²) in [7, 11) is 0. The van der Waals surface area contributed by atoms with Crippen LogP contribution in [0.2, 0.25) is 0 Å². The molecule has 1 aliphatic rings. The number of nitrogens with zero attached hydrogens (tertiary/aromatic N) is 1. The van der Waals surface area contributed by atoms with Gasteiger partial charge in [0.2, 0.25) is 0 Å². The van der Waals surface area contributed by atoms with Crippen molar-refractivity contribution in [3.05, 3.63) is 41.6 Å². The number of aromatic nitrogens is 1. The van der Waals surface area contributed by atoms with Crippen LogP contribution in [0.1, 0.15) is 43.0 Å². The lowest BCUT2D eigenvalue weighted by Crippen LogP contribution is -2.20. The Labute approximate surface area is 108 Å². The van der Waals surface area contributed by atoms with E-state index in [0.29, 0.717) is 6.04 Å². The van der Waals surface area contributed by atoms with E-state index in [9.17, 15) is 0 Å². The molecule has 1 aromatic carbocycles. The van der Waals surface area contributed by atoms with E-state index in [4.69, 9.17) is 0 Å². The summed E-state index contributed by atoms with van der Waals surface area (Å²) >= 11 is 0. The Hall–Kier alpha value is -1.41. The fourth-order valence-corrected chi connectivity index (χ4v) is 2.92. The van der Waals surface area contributed by atoms with Crippen molar-refractivity contribution in [2.75, 3.05) is 6.54 Å². The summed E-state index contributed by atoms with van der Waals surface area (Å²) in [6, 6.07) is 11.2. The minimum atomic E-state index is 0.499. The Morgan fingerprint density at radius 2 is 2.06 bits per heavy atom. The summed E-state index contributed by atoms with van der Waals surface area (Å²) < 4.78 is 0. The molecule has 1 N–H and O–H groups in total. The van der Waals surface area contributed by atoms with E-state index in [0.717, 1.165) is 17.8 Å². The third-order valence-electron chi connectivity index (χ3n) is 3.81. The van der Waals surface area contributed by atoms with E-state index < -0.39 is 0 Å². The van der Waals surface area contributed by atoms with Crippen LogP contribution in [-0.2, 0) is 0 Å². The summed E-state index contributed by atoms with van der Waals surface area (Å²) in [6.45, 7) is 3.23. The van der Waals surface area contributed by atoms with Crippen LogP contribution in [0, 0.1) is 6.92 Å². The fraction of sp³-hybridized carbons (Fsp3) is 0.438. The van der Waals surface area contributed by atoms with E-state index in [1.807, 2.05) is 0 Å². The molecule has 2 heteroatoms. The van der Waals surface area contributed by atoms with E-state index in [2.05, 4.69) is 47.6 Å². The number of rotatable bonds is 1. The summed E-state index contributed by atoms with van der Waals surface area (Å²) in [4.78, 5) is 4.63. The molecule has 1 fully saturated rings. The van der Waals surface area contributed by atoms with Gasteiger partial charge in [-0.2, -0.15) is 0 Å². The number of pyridine rings is 1. The average Bonchev–Trinajstić information content (AvgIpc) is 2.66. The molecule has 0 amide bonds. The van der Waals surface area contributed by atoms with Crippen molar-refractivity contribution in [2.24, 2.45) is 0 Å². The van der Waals surface area contributed by atoms with Crippen LogP contribution in [0.4, 0.5) is 0 Å². The van der Waals surface area contributed by atoms with Crippen LogP contribution in [-0.4, -0.2) is 11.5 Å². The highest BCUT2D eigenvalue weighted by atomic mass is 14.9. The van der Waals surface area contributed by atoms with Crippen LogP contribution in [0.25, 0.3) is 10.9 Å². The highest BCUT2D eigenvalue weighted by Gasteiger charge is 2.16. The maximum absolute atomic E-state index is 4.63. The quantitative estimate of drug-likeness (QED) is 0.821. The molecule has 0 bridgehead atoms. The molecule has 3 rings (SSSR count). The maximum atomic E-state index is 4.63. The predicted octanol–water partition coefficient (Wildman–Crippen LogP) is 3.75. The second-order valence-electron chi connectivity index (χ2n) is 5.23. The number of hydrogen-bond donors (Lipinski definition) is 1. The first-order valence-electron chi connectivity index (χ1n) is 6.94. The molecule has 0 radical (unpaired) electrons. The topological polar surface area (TPSA) is 24.9 Å².